The first kappa shape index (κ1) is 17.5. The monoisotopic (exact) mass is 345 g/mol. The summed E-state index contributed by atoms with van der Waals surface area (Å²) in [5.74, 6) is 0. The Labute approximate surface area is 158 Å². The van der Waals surface area contributed by atoms with Gasteiger partial charge in [-0.2, -0.15) is 0 Å². The molecule has 0 N–H and O–H groups in total. The van der Waals surface area contributed by atoms with Crippen molar-refractivity contribution < 1.29 is 0 Å². The summed E-state index contributed by atoms with van der Waals surface area (Å²) in [6.45, 7) is 1.12. The number of benzene rings is 2. The maximum Gasteiger partial charge on any atom is 0.0287 e. The molecule has 2 unspecified atom stereocenters. The minimum absolute atomic E-state index is 0.673. The molecule has 1 heteroatoms. The average Bonchev–Trinajstić information content (AvgIpc) is 2.67. The van der Waals surface area contributed by atoms with Gasteiger partial charge in [-0.3, -0.25) is 4.90 Å². The van der Waals surface area contributed by atoms with Gasteiger partial charge in [0.05, 0.1) is 0 Å². The molecule has 26 heavy (non-hydrogen) atoms. The van der Waals surface area contributed by atoms with E-state index in [0.29, 0.717) is 6.04 Å². The van der Waals surface area contributed by atoms with Gasteiger partial charge in [0.1, 0.15) is 0 Å². The van der Waals surface area contributed by atoms with Crippen LogP contribution in [0.4, 0.5) is 0 Å². The molecule has 2 atom stereocenters. The molecule has 2 heterocycles. The average molecular weight is 346 g/mol. The highest BCUT2D eigenvalue weighted by atomic mass is 15.2. The number of piperidine rings is 1. The Bertz CT molecular complexity index is 703. The number of unbranched alkanes of at least 4 members (excludes halogenated alkanes) is 1. The predicted molar refractivity (Wildman–Crippen MR) is 110 cm³/mol. The summed E-state index contributed by atoms with van der Waals surface area (Å²) in [6.07, 6.45) is 13.2. The van der Waals surface area contributed by atoms with Gasteiger partial charge in [-0.15, -0.1) is 0 Å². The van der Waals surface area contributed by atoms with Crippen LogP contribution in [0.3, 0.4) is 0 Å². The van der Waals surface area contributed by atoms with Gasteiger partial charge in [0.2, 0.25) is 0 Å². The molecule has 136 valence electrons. The first-order valence-corrected chi connectivity index (χ1v) is 10.4. The molecule has 0 radical (unpaired) electrons. The second-order valence-electron chi connectivity index (χ2n) is 8.03. The van der Waals surface area contributed by atoms with Gasteiger partial charge in [0, 0.05) is 18.6 Å². The van der Waals surface area contributed by atoms with Crippen LogP contribution in [-0.4, -0.2) is 17.0 Å². The van der Waals surface area contributed by atoms with Crippen molar-refractivity contribution >= 4 is 0 Å². The number of fused-ring (bicyclic) bond motifs is 2. The highest BCUT2D eigenvalue weighted by Gasteiger charge is 2.33. The molecule has 1 saturated heterocycles. The fraction of sp³-hybridized carbons (Fsp3) is 0.440. The van der Waals surface area contributed by atoms with Gasteiger partial charge in [0.25, 0.3) is 0 Å². The second-order valence-corrected chi connectivity index (χ2v) is 8.03. The van der Waals surface area contributed by atoms with E-state index < -0.39 is 0 Å². The molecule has 2 aromatic rings. The lowest BCUT2D eigenvalue weighted by Crippen LogP contribution is -2.47. The number of aryl methyl sites for hydroxylation is 1. The van der Waals surface area contributed by atoms with E-state index in [1.807, 2.05) is 0 Å². The molecule has 4 rings (SSSR count). The number of rotatable bonds is 7. The highest BCUT2D eigenvalue weighted by Crippen LogP contribution is 2.35. The van der Waals surface area contributed by atoms with Gasteiger partial charge in [-0.05, 0) is 56.1 Å². The van der Waals surface area contributed by atoms with E-state index in [1.54, 1.807) is 5.57 Å². The van der Waals surface area contributed by atoms with Gasteiger partial charge in [0.15, 0.2) is 0 Å². The first-order valence-electron chi connectivity index (χ1n) is 10.4. The zero-order valence-electron chi connectivity index (χ0n) is 15.8. The van der Waals surface area contributed by atoms with E-state index in [-0.39, 0.29) is 0 Å². The summed E-state index contributed by atoms with van der Waals surface area (Å²) in [6, 6.07) is 23.4. The Balaban J connectivity index is 1.31. The highest BCUT2D eigenvalue weighted by molar-refractivity contribution is 5.20. The van der Waals surface area contributed by atoms with Crippen molar-refractivity contribution in [1.29, 1.82) is 0 Å². The Hall–Kier alpha value is -1.86. The molecule has 2 bridgehead atoms. The molecule has 2 aliphatic rings. The smallest absolute Gasteiger partial charge is 0.0287 e. The van der Waals surface area contributed by atoms with Crippen LogP contribution in [0, 0.1) is 0 Å². The number of hydrogen-bond donors (Lipinski definition) is 0. The first-order chi connectivity index (χ1) is 12.9. The lowest BCUT2D eigenvalue weighted by Gasteiger charge is -2.45. The van der Waals surface area contributed by atoms with Crippen LogP contribution >= 0.6 is 0 Å². The SMILES string of the molecule is C1=C(CCCCc2ccccc2)CC2CCCC1N2Cc1ccccc1. The maximum atomic E-state index is 2.77. The molecule has 0 aliphatic carbocycles. The van der Waals surface area contributed by atoms with Crippen LogP contribution in [0.15, 0.2) is 72.3 Å². The normalized spacial score (nSPS) is 22.8. The summed E-state index contributed by atoms with van der Waals surface area (Å²) >= 11 is 0. The van der Waals surface area contributed by atoms with Crippen LogP contribution in [0.1, 0.15) is 56.1 Å². The lowest BCUT2D eigenvalue weighted by atomic mass is 9.83. The molecular formula is C25H31N. The van der Waals surface area contributed by atoms with Gasteiger partial charge in [-0.1, -0.05) is 78.7 Å². The number of nitrogens with zero attached hydrogens (tertiary/aromatic N) is 1. The molecule has 0 aromatic heterocycles. The minimum Gasteiger partial charge on any atom is -0.289 e. The van der Waals surface area contributed by atoms with Crippen LogP contribution in [0.2, 0.25) is 0 Å². The fourth-order valence-corrected chi connectivity index (χ4v) is 4.76. The molecule has 0 spiro atoms. The molecule has 2 aromatic carbocycles. The maximum absolute atomic E-state index is 2.77. The summed E-state index contributed by atoms with van der Waals surface area (Å²) in [5, 5.41) is 0. The number of hydrogen-bond acceptors (Lipinski definition) is 1. The van der Waals surface area contributed by atoms with Crippen molar-refractivity contribution in [2.75, 3.05) is 0 Å². The summed E-state index contributed by atoms with van der Waals surface area (Å²) in [5.41, 5.74) is 4.68. The largest absolute Gasteiger partial charge is 0.289 e. The van der Waals surface area contributed by atoms with Gasteiger partial charge >= 0.3 is 0 Å². The van der Waals surface area contributed by atoms with Crippen molar-refractivity contribution in [3.8, 4) is 0 Å². The van der Waals surface area contributed by atoms with Crippen molar-refractivity contribution in [3.05, 3.63) is 83.4 Å². The third kappa shape index (κ3) is 4.45. The quantitative estimate of drug-likeness (QED) is 0.429. The Kier molecular flexibility index (Phi) is 5.86. The Morgan fingerprint density at radius 1 is 0.769 bits per heavy atom. The zero-order chi connectivity index (χ0) is 17.6. The summed E-state index contributed by atoms with van der Waals surface area (Å²) in [4.78, 5) is 2.77. The third-order valence-electron chi connectivity index (χ3n) is 6.12. The van der Waals surface area contributed by atoms with E-state index in [4.69, 9.17) is 0 Å². The van der Waals surface area contributed by atoms with E-state index in [2.05, 4.69) is 71.6 Å². The standard InChI is InChI=1S/C25H31N/c1-3-10-21(11-4-1)12-7-8-15-23-18-24-16-9-17-25(19-23)26(24)20-22-13-5-2-6-14-22/h1-6,10-11,13-14,18,24-25H,7-9,12,15-17,19-20H2. The molecule has 0 amide bonds. The molecule has 2 aliphatic heterocycles. The fourth-order valence-electron chi connectivity index (χ4n) is 4.76. The van der Waals surface area contributed by atoms with Gasteiger partial charge in [-0.25, -0.2) is 0 Å². The minimum atomic E-state index is 0.673. The molecule has 1 fully saturated rings. The van der Waals surface area contributed by atoms with Crippen molar-refractivity contribution in [2.24, 2.45) is 0 Å². The third-order valence-corrected chi connectivity index (χ3v) is 6.12. The molecular weight excluding hydrogens is 314 g/mol. The van der Waals surface area contributed by atoms with E-state index in [9.17, 15) is 0 Å². The van der Waals surface area contributed by atoms with Crippen molar-refractivity contribution in [1.82, 2.24) is 4.90 Å². The summed E-state index contributed by atoms with van der Waals surface area (Å²) < 4.78 is 0. The Morgan fingerprint density at radius 3 is 2.19 bits per heavy atom. The van der Waals surface area contributed by atoms with Crippen molar-refractivity contribution in [2.45, 2.75) is 70.0 Å². The lowest BCUT2D eigenvalue weighted by molar-refractivity contribution is 0.0876. The predicted octanol–water partition coefficient (Wildman–Crippen LogP) is 6.15. The summed E-state index contributed by atoms with van der Waals surface area (Å²) in [7, 11) is 0. The van der Waals surface area contributed by atoms with Crippen LogP contribution in [-0.2, 0) is 13.0 Å². The van der Waals surface area contributed by atoms with E-state index in [0.717, 1.165) is 12.6 Å². The molecule has 1 nitrogen and oxygen atoms in total. The van der Waals surface area contributed by atoms with E-state index >= 15 is 0 Å². The van der Waals surface area contributed by atoms with Gasteiger partial charge < -0.3 is 0 Å². The van der Waals surface area contributed by atoms with Crippen LogP contribution in [0.25, 0.3) is 0 Å². The molecule has 0 saturated carbocycles. The topological polar surface area (TPSA) is 3.24 Å². The second kappa shape index (κ2) is 8.68. The zero-order valence-corrected chi connectivity index (χ0v) is 15.8. The van der Waals surface area contributed by atoms with Crippen LogP contribution < -0.4 is 0 Å². The van der Waals surface area contributed by atoms with E-state index in [1.165, 1.54) is 62.5 Å². The Morgan fingerprint density at radius 2 is 1.46 bits per heavy atom. The van der Waals surface area contributed by atoms with Crippen LogP contribution in [0.5, 0.6) is 0 Å². The van der Waals surface area contributed by atoms with Crippen molar-refractivity contribution in [3.63, 3.8) is 0 Å².